The van der Waals surface area contributed by atoms with E-state index in [1.54, 1.807) is 0 Å². The summed E-state index contributed by atoms with van der Waals surface area (Å²) in [5, 5.41) is 0. The third-order valence-corrected chi connectivity index (χ3v) is 15.6. The Labute approximate surface area is 480 Å². The summed E-state index contributed by atoms with van der Waals surface area (Å²) >= 11 is 0. The van der Waals surface area contributed by atoms with Crippen molar-refractivity contribution in [3.63, 3.8) is 0 Å². The van der Waals surface area contributed by atoms with Gasteiger partial charge in [0.2, 0.25) is 0 Å². The lowest BCUT2D eigenvalue weighted by molar-refractivity contribution is -0.167. The molecule has 452 valence electrons. The highest BCUT2D eigenvalue weighted by molar-refractivity contribution is 5.71. The fourth-order valence-electron chi connectivity index (χ4n) is 10.4. The zero-order valence-electron chi connectivity index (χ0n) is 52.0. The zero-order valence-corrected chi connectivity index (χ0v) is 52.0. The van der Waals surface area contributed by atoms with Gasteiger partial charge in [0.1, 0.15) is 13.2 Å². The molecule has 0 N–H and O–H groups in total. The van der Waals surface area contributed by atoms with E-state index in [0.29, 0.717) is 19.3 Å². The van der Waals surface area contributed by atoms with Gasteiger partial charge in [-0.1, -0.05) is 320 Å². The molecule has 1 atom stereocenters. The van der Waals surface area contributed by atoms with Crippen molar-refractivity contribution in [3.05, 3.63) is 36.5 Å². The number of ether oxygens (including phenoxy) is 3. The van der Waals surface area contributed by atoms with Crippen molar-refractivity contribution in [1.82, 2.24) is 0 Å². The van der Waals surface area contributed by atoms with Gasteiger partial charge < -0.3 is 14.2 Å². The number of esters is 3. The minimum Gasteiger partial charge on any atom is -0.462 e. The molecule has 0 spiro atoms. The molecular formula is C71H132O6. The van der Waals surface area contributed by atoms with Gasteiger partial charge in [-0.05, 0) is 77.0 Å². The maximum absolute atomic E-state index is 12.9. The van der Waals surface area contributed by atoms with Crippen LogP contribution in [0.2, 0.25) is 0 Å². The van der Waals surface area contributed by atoms with E-state index in [1.807, 2.05) is 0 Å². The molecule has 6 heteroatoms. The van der Waals surface area contributed by atoms with Gasteiger partial charge in [0, 0.05) is 19.3 Å². The smallest absolute Gasteiger partial charge is 0.306 e. The van der Waals surface area contributed by atoms with E-state index in [9.17, 15) is 14.4 Å². The van der Waals surface area contributed by atoms with Crippen LogP contribution in [0.4, 0.5) is 0 Å². The zero-order chi connectivity index (χ0) is 55.7. The lowest BCUT2D eigenvalue weighted by Gasteiger charge is -2.18. The Balaban J connectivity index is 4.27. The van der Waals surface area contributed by atoms with Gasteiger partial charge in [0.05, 0.1) is 0 Å². The van der Waals surface area contributed by atoms with Crippen LogP contribution in [0.1, 0.15) is 380 Å². The van der Waals surface area contributed by atoms with Crippen molar-refractivity contribution in [1.29, 1.82) is 0 Å². The van der Waals surface area contributed by atoms with E-state index in [4.69, 9.17) is 14.2 Å². The summed E-state index contributed by atoms with van der Waals surface area (Å²) in [5.74, 6) is -0.845. The Morgan fingerprint density at radius 3 is 0.753 bits per heavy atom. The molecule has 0 aromatic carbocycles. The minimum absolute atomic E-state index is 0.0687. The molecule has 0 aromatic heterocycles. The molecule has 0 aliphatic rings. The van der Waals surface area contributed by atoms with E-state index in [1.165, 1.54) is 276 Å². The third kappa shape index (κ3) is 64.3. The Morgan fingerprint density at radius 1 is 0.260 bits per heavy atom. The van der Waals surface area contributed by atoms with Gasteiger partial charge in [0.15, 0.2) is 6.10 Å². The van der Waals surface area contributed by atoms with Gasteiger partial charge in [-0.15, -0.1) is 0 Å². The second kappa shape index (κ2) is 66.1. The Kier molecular flexibility index (Phi) is 64.1. The van der Waals surface area contributed by atoms with Gasteiger partial charge in [-0.3, -0.25) is 14.4 Å². The highest BCUT2D eigenvalue weighted by Gasteiger charge is 2.19. The summed E-state index contributed by atoms with van der Waals surface area (Å²) in [4.78, 5) is 38.4. The summed E-state index contributed by atoms with van der Waals surface area (Å²) in [6.07, 6.45) is 81.6. The molecule has 0 fully saturated rings. The van der Waals surface area contributed by atoms with Gasteiger partial charge >= 0.3 is 17.9 Å². The van der Waals surface area contributed by atoms with Crippen molar-refractivity contribution in [2.24, 2.45) is 0 Å². The molecule has 0 bridgehead atoms. The Bertz CT molecular complexity index is 1290. The number of hydrogen-bond acceptors (Lipinski definition) is 6. The summed E-state index contributed by atoms with van der Waals surface area (Å²) < 4.78 is 17.0. The summed E-state index contributed by atoms with van der Waals surface area (Å²) in [6, 6.07) is 0. The highest BCUT2D eigenvalue weighted by Crippen LogP contribution is 2.18. The van der Waals surface area contributed by atoms with Crippen molar-refractivity contribution < 1.29 is 28.6 Å². The SMILES string of the molecule is CCCCC/C=C\C/C=C\CCCCCCCCCCCC(=O)OC(COC(=O)CCCCCCCCCCCCCCC/C=C\CCCCCCCCCC)COC(=O)CCCCCCCCCCCCCCCCC. The molecule has 77 heavy (non-hydrogen) atoms. The monoisotopic (exact) mass is 1080 g/mol. The molecule has 0 amide bonds. The first-order valence-corrected chi connectivity index (χ1v) is 34.5. The van der Waals surface area contributed by atoms with Crippen LogP contribution in [0.3, 0.4) is 0 Å². The molecule has 0 aliphatic heterocycles. The fourth-order valence-corrected chi connectivity index (χ4v) is 10.4. The standard InChI is InChI=1S/C71H132O6/c1-4-7-10-13-16-19-22-25-28-30-32-33-34-35-36-37-39-40-43-46-49-52-55-58-61-64-70(73)76-67-68(66-75-69(72)63-60-57-54-51-48-45-42-27-24-21-18-15-12-9-6-3)77-71(74)65-62-59-56-53-50-47-44-41-38-31-29-26-23-20-17-14-11-8-5-2/h17,20,26,29-30,32,68H,4-16,18-19,21-25,27-28,31,33-67H2,1-3H3/b20-17-,29-26-,32-30-. The van der Waals surface area contributed by atoms with Crippen molar-refractivity contribution in [2.45, 2.75) is 386 Å². The average molecular weight is 1080 g/mol. The van der Waals surface area contributed by atoms with Gasteiger partial charge in [0.25, 0.3) is 0 Å². The number of hydrogen-bond donors (Lipinski definition) is 0. The van der Waals surface area contributed by atoms with E-state index in [0.717, 1.165) is 64.2 Å². The number of unbranched alkanes of at least 4 members (excludes halogenated alkanes) is 47. The predicted molar refractivity (Wildman–Crippen MR) is 335 cm³/mol. The van der Waals surface area contributed by atoms with E-state index in [2.05, 4.69) is 57.2 Å². The summed E-state index contributed by atoms with van der Waals surface area (Å²) in [7, 11) is 0. The molecule has 1 unspecified atom stereocenters. The number of carbonyl (C=O) groups is 3. The maximum Gasteiger partial charge on any atom is 0.306 e. The molecule has 0 rings (SSSR count). The molecule has 0 heterocycles. The Morgan fingerprint density at radius 2 is 0.468 bits per heavy atom. The summed E-state index contributed by atoms with van der Waals surface area (Å²) in [5.41, 5.74) is 0. The van der Waals surface area contributed by atoms with Gasteiger partial charge in [-0.2, -0.15) is 0 Å². The topological polar surface area (TPSA) is 78.9 Å². The lowest BCUT2D eigenvalue weighted by atomic mass is 10.0. The van der Waals surface area contributed by atoms with Crippen LogP contribution < -0.4 is 0 Å². The molecule has 0 saturated heterocycles. The van der Waals surface area contributed by atoms with Crippen LogP contribution in [-0.2, 0) is 28.6 Å². The van der Waals surface area contributed by atoms with E-state index in [-0.39, 0.29) is 31.1 Å². The molecule has 0 aromatic rings. The molecule has 0 radical (unpaired) electrons. The lowest BCUT2D eigenvalue weighted by Crippen LogP contribution is -2.30. The van der Waals surface area contributed by atoms with Crippen molar-refractivity contribution in [3.8, 4) is 0 Å². The number of rotatable bonds is 64. The molecule has 6 nitrogen and oxygen atoms in total. The maximum atomic E-state index is 12.9. The van der Waals surface area contributed by atoms with Crippen LogP contribution in [0.5, 0.6) is 0 Å². The first-order chi connectivity index (χ1) is 38.0. The molecular weight excluding hydrogens is 949 g/mol. The average Bonchev–Trinajstić information content (AvgIpc) is 3.43. The van der Waals surface area contributed by atoms with Gasteiger partial charge in [-0.25, -0.2) is 0 Å². The highest BCUT2D eigenvalue weighted by atomic mass is 16.6. The van der Waals surface area contributed by atoms with Crippen molar-refractivity contribution in [2.75, 3.05) is 13.2 Å². The fraction of sp³-hybridized carbons (Fsp3) is 0.873. The van der Waals surface area contributed by atoms with Crippen LogP contribution in [-0.4, -0.2) is 37.2 Å². The van der Waals surface area contributed by atoms with Crippen LogP contribution in [0.15, 0.2) is 36.5 Å². The summed E-state index contributed by atoms with van der Waals surface area (Å²) in [6.45, 7) is 6.68. The number of carbonyl (C=O) groups excluding carboxylic acids is 3. The first-order valence-electron chi connectivity index (χ1n) is 34.5. The minimum atomic E-state index is -0.773. The van der Waals surface area contributed by atoms with Crippen LogP contribution >= 0.6 is 0 Å². The third-order valence-electron chi connectivity index (χ3n) is 15.6. The van der Waals surface area contributed by atoms with Crippen LogP contribution in [0.25, 0.3) is 0 Å². The quantitative estimate of drug-likeness (QED) is 0.0261. The largest absolute Gasteiger partial charge is 0.462 e. The first kappa shape index (κ1) is 74.6. The van der Waals surface area contributed by atoms with E-state index < -0.39 is 6.10 Å². The second-order valence-corrected chi connectivity index (χ2v) is 23.4. The number of allylic oxidation sites excluding steroid dienone is 6. The normalized spacial score (nSPS) is 12.2. The molecule has 0 saturated carbocycles. The second-order valence-electron chi connectivity index (χ2n) is 23.4. The van der Waals surface area contributed by atoms with Crippen LogP contribution in [0, 0.1) is 0 Å². The van der Waals surface area contributed by atoms with Crippen molar-refractivity contribution >= 4 is 17.9 Å². The Hall–Kier alpha value is -2.37. The molecule has 0 aliphatic carbocycles. The van der Waals surface area contributed by atoms with E-state index >= 15 is 0 Å². The predicted octanol–water partition coefficient (Wildman–Crippen LogP) is 23.6.